The van der Waals surface area contributed by atoms with Gasteiger partial charge in [-0.2, -0.15) is 0 Å². The van der Waals surface area contributed by atoms with Gasteiger partial charge in [0.1, 0.15) is 5.75 Å². The van der Waals surface area contributed by atoms with Gasteiger partial charge >= 0.3 is 0 Å². The molecule has 0 aliphatic heterocycles. The Morgan fingerprint density at radius 1 is 0.970 bits per heavy atom. The summed E-state index contributed by atoms with van der Waals surface area (Å²) in [6.45, 7) is 14.5. The third-order valence-electron chi connectivity index (χ3n) is 6.58. The molecule has 0 aliphatic carbocycles. The highest BCUT2D eigenvalue weighted by Crippen LogP contribution is 2.43. The molecular formula is C26H34Cl3NO3. The molecule has 0 heterocycles. The second kappa shape index (κ2) is 10.8. The minimum Gasteiger partial charge on any atom is -0.504 e. The van der Waals surface area contributed by atoms with Crippen LogP contribution in [-0.2, 0) is 22.0 Å². The Kier molecular flexibility index (Phi) is 9.00. The molecule has 2 aromatic carbocycles. The van der Waals surface area contributed by atoms with Crippen LogP contribution >= 0.6 is 34.8 Å². The highest BCUT2D eigenvalue weighted by Gasteiger charge is 2.29. The number of hydrogen-bond donors (Lipinski definition) is 2. The van der Waals surface area contributed by atoms with E-state index in [2.05, 4.69) is 52.9 Å². The minimum absolute atomic E-state index is 0.0428. The van der Waals surface area contributed by atoms with E-state index in [1.54, 1.807) is 0 Å². The van der Waals surface area contributed by atoms with Crippen molar-refractivity contribution >= 4 is 46.4 Å². The van der Waals surface area contributed by atoms with Crippen LogP contribution in [0.1, 0.15) is 78.0 Å². The normalized spacial score (nSPS) is 12.1. The predicted octanol–water partition coefficient (Wildman–Crippen LogP) is 8.31. The summed E-state index contributed by atoms with van der Waals surface area (Å²) in [6, 6.07) is 5.54. The predicted molar refractivity (Wildman–Crippen MR) is 140 cm³/mol. The molecule has 0 saturated heterocycles. The summed E-state index contributed by atoms with van der Waals surface area (Å²) in [5.41, 5.74) is 2.61. The summed E-state index contributed by atoms with van der Waals surface area (Å²) in [6.07, 6.45) is 2.39. The molecule has 0 bridgehead atoms. The van der Waals surface area contributed by atoms with Crippen LogP contribution in [0.15, 0.2) is 18.2 Å². The minimum atomic E-state index is -0.462. The lowest BCUT2D eigenvalue weighted by atomic mass is 9.76. The largest absolute Gasteiger partial charge is 0.504 e. The number of benzene rings is 2. The molecule has 0 aliphatic rings. The topological polar surface area (TPSA) is 58.6 Å². The molecule has 7 heteroatoms. The van der Waals surface area contributed by atoms with Crippen LogP contribution in [0, 0.1) is 0 Å². The van der Waals surface area contributed by atoms with Crippen molar-refractivity contribution in [2.24, 2.45) is 0 Å². The maximum Gasteiger partial charge on any atom is 0.262 e. The summed E-state index contributed by atoms with van der Waals surface area (Å²) < 4.78 is 5.95. The number of nitrogens with one attached hydrogen (secondary N) is 1. The van der Waals surface area contributed by atoms with Crippen LogP contribution in [0.5, 0.6) is 11.5 Å². The fourth-order valence-corrected chi connectivity index (χ4v) is 4.42. The zero-order chi connectivity index (χ0) is 25.1. The Labute approximate surface area is 212 Å². The Balaban J connectivity index is 2.34. The second-order valence-electron chi connectivity index (χ2n) is 9.55. The van der Waals surface area contributed by atoms with Crippen LogP contribution in [0.4, 0.5) is 5.69 Å². The monoisotopic (exact) mass is 513 g/mol. The van der Waals surface area contributed by atoms with Crippen molar-refractivity contribution in [3.8, 4) is 11.5 Å². The number of anilines is 1. The average Bonchev–Trinajstić information content (AvgIpc) is 2.76. The van der Waals surface area contributed by atoms with Gasteiger partial charge in [-0.25, -0.2) is 0 Å². The summed E-state index contributed by atoms with van der Waals surface area (Å²) in [7, 11) is 0. The lowest BCUT2D eigenvalue weighted by Crippen LogP contribution is -2.24. The van der Waals surface area contributed by atoms with Crippen molar-refractivity contribution in [1.29, 1.82) is 0 Å². The fraction of sp³-hybridized carbons (Fsp3) is 0.500. The number of carbonyl (C=O) groups is 1. The van der Waals surface area contributed by atoms with Gasteiger partial charge in [0, 0.05) is 10.6 Å². The summed E-state index contributed by atoms with van der Waals surface area (Å²) >= 11 is 19.1. The van der Waals surface area contributed by atoms with Gasteiger partial charge in [-0.3, -0.25) is 4.79 Å². The van der Waals surface area contributed by atoms with Crippen LogP contribution < -0.4 is 10.1 Å². The van der Waals surface area contributed by atoms with E-state index in [1.165, 1.54) is 6.07 Å². The van der Waals surface area contributed by atoms with Gasteiger partial charge in [0.2, 0.25) is 0 Å². The first-order valence-corrected chi connectivity index (χ1v) is 12.4. The molecule has 0 saturated carbocycles. The molecule has 33 heavy (non-hydrogen) atoms. The molecule has 0 atom stereocenters. The van der Waals surface area contributed by atoms with Crippen LogP contribution in [0.25, 0.3) is 0 Å². The average molecular weight is 515 g/mol. The van der Waals surface area contributed by atoms with E-state index in [9.17, 15) is 9.90 Å². The highest BCUT2D eigenvalue weighted by atomic mass is 35.5. The third-order valence-corrected chi connectivity index (χ3v) is 7.61. The van der Waals surface area contributed by atoms with E-state index in [4.69, 9.17) is 39.5 Å². The first-order valence-electron chi connectivity index (χ1n) is 11.3. The third kappa shape index (κ3) is 6.09. The van der Waals surface area contributed by atoms with Gasteiger partial charge in [-0.1, -0.05) is 89.3 Å². The van der Waals surface area contributed by atoms with E-state index in [1.807, 2.05) is 13.0 Å². The molecule has 2 N–H and O–H groups in total. The molecule has 0 fully saturated rings. The van der Waals surface area contributed by atoms with Crippen molar-refractivity contribution in [3.05, 3.63) is 50.0 Å². The molecule has 0 unspecified atom stereocenters. The van der Waals surface area contributed by atoms with Crippen molar-refractivity contribution in [1.82, 2.24) is 0 Å². The van der Waals surface area contributed by atoms with Crippen LogP contribution in [-0.4, -0.2) is 17.6 Å². The Bertz CT molecular complexity index is 1030. The SMILES string of the molecule is CCc1c(Cl)cc(NC(=O)COc2c(Cl)cc(C(C)(C)CC)cc2C(C)(C)CC)c(O)c1Cl. The van der Waals surface area contributed by atoms with Crippen LogP contribution in [0.2, 0.25) is 15.1 Å². The number of ether oxygens (including phenoxy) is 1. The van der Waals surface area contributed by atoms with Crippen molar-refractivity contribution in [2.45, 2.75) is 78.6 Å². The van der Waals surface area contributed by atoms with E-state index in [-0.39, 0.29) is 33.9 Å². The molecule has 2 aromatic rings. The van der Waals surface area contributed by atoms with Gasteiger partial charge in [0.05, 0.1) is 15.7 Å². The van der Waals surface area contributed by atoms with Gasteiger partial charge in [0.15, 0.2) is 12.4 Å². The maximum absolute atomic E-state index is 12.7. The van der Waals surface area contributed by atoms with Gasteiger partial charge < -0.3 is 15.2 Å². The van der Waals surface area contributed by atoms with Crippen molar-refractivity contribution in [2.75, 3.05) is 11.9 Å². The first kappa shape index (κ1) is 27.6. The standard InChI is InChI=1S/C26H34Cl3NO3/c1-8-16-18(27)13-20(23(32)22(16)29)30-21(31)14-33-24-17(26(6,7)10-3)11-15(12-19(24)28)25(4,5)9-2/h11-13,32H,8-10,14H2,1-7H3,(H,30,31). The number of phenols is 1. The van der Waals surface area contributed by atoms with E-state index in [0.717, 1.165) is 24.0 Å². The summed E-state index contributed by atoms with van der Waals surface area (Å²) in [5.74, 6) is -0.185. The molecular weight excluding hydrogens is 481 g/mol. The van der Waals surface area contributed by atoms with E-state index < -0.39 is 5.91 Å². The van der Waals surface area contributed by atoms with E-state index >= 15 is 0 Å². The van der Waals surface area contributed by atoms with Crippen molar-refractivity contribution < 1.29 is 14.6 Å². The zero-order valence-electron chi connectivity index (χ0n) is 20.5. The second-order valence-corrected chi connectivity index (χ2v) is 10.7. The Morgan fingerprint density at radius 3 is 2.12 bits per heavy atom. The maximum atomic E-state index is 12.7. The molecule has 2 rings (SSSR count). The zero-order valence-corrected chi connectivity index (χ0v) is 22.7. The number of rotatable bonds is 9. The lowest BCUT2D eigenvalue weighted by Gasteiger charge is -2.31. The number of aromatic hydroxyl groups is 1. The highest BCUT2D eigenvalue weighted by molar-refractivity contribution is 6.37. The Hall–Kier alpha value is -1.62. The summed E-state index contributed by atoms with van der Waals surface area (Å²) in [5, 5.41) is 14.0. The quantitative estimate of drug-likeness (QED) is 0.331. The molecule has 182 valence electrons. The van der Waals surface area contributed by atoms with Crippen molar-refractivity contribution in [3.63, 3.8) is 0 Å². The van der Waals surface area contributed by atoms with Gasteiger partial charge in [-0.15, -0.1) is 0 Å². The lowest BCUT2D eigenvalue weighted by molar-refractivity contribution is -0.118. The first-order chi connectivity index (χ1) is 15.3. The number of hydrogen-bond acceptors (Lipinski definition) is 3. The van der Waals surface area contributed by atoms with E-state index in [0.29, 0.717) is 27.8 Å². The molecule has 1 amide bonds. The van der Waals surface area contributed by atoms with Crippen LogP contribution in [0.3, 0.4) is 0 Å². The summed E-state index contributed by atoms with van der Waals surface area (Å²) in [4.78, 5) is 12.7. The fourth-order valence-electron chi connectivity index (χ4n) is 3.42. The number of carbonyl (C=O) groups excluding carboxylic acids is 1. The Morgan fingerprint density at radius 2 is 1.58 bits per heavy atom. The van der Waals surface area contributed by atoms with Gasteiger partial charge in [0.25, 0.3) is 5.91 Å². The number of phenolic OH excluding ortho intramolecular Hbond substituents is 1. The van der Waals surface area contributed by atoms with Gasteiger partial charge in [-0.05, 0) is 53.4 Å². The molecule has 4 nitrogen and oxygen atoms in total. The number of halogens is 3. The molecule has 0 aromatic heterocycles. The molecule has 0 spiro atoms. The molecule has 0 radical (unpaired) electrons. The smallest absolute Gasteiger partial charge is 0.262 e. The number of amides is 1.